The lowest BCUT2D eigenvalue weighted by atomic mass is 10.0. The van der Waals surface area contributed by atoms with Crippen LogP contribution in [0.5, 0.6) is 0 Å². The fourth-order valence-electron chi connectivity index (χ4n) is 1.62. The molecule has 0 amide bonds. The Labute approximate surface area is 88.5 Å². The molecule has 6 heteroatoms. The van der Waals surface area contributed by atoms with E-state index in [0.29, 0.717) is 5.35 Å². The van der Waals surface area contributed by atoms with Crippen LogP contribution in [-0.4, -0.2) is 16.1 Å². The molecule has 1 aliphatic rings. The minimum absolute atomic E-state index is 0.225. The summed E-state index contributed by atoms with van der Waals surface area (Å²) in [6.07, 6.45) is 3.54. The molecule has 1 atom stereocenters. The molecule has 0 spiro atoms. The van der Waals surface area contributed by atoms with Crippen LogP contribution in [0.4, 0.5) is 0 Å². The molecule has 6 nitrogen and oxygen atoms in total. The molecule has 0 unspecified atom stereocenters. The van der Waals surface area contributed by atoms with Crippen molar-refractivity contribution in [1.29, 1.82) is 0 Å². The number of hydrogen-bond donors (Lipinski definition) is 2. The first-order chi connectivity index (χ1) is 7.58. The van der Waals surface area contributed by atoms with Gasteiger partial charge in [-0.15, -0.1) is 0 Å². The van der Waals surface area contributed by atoms with Crippen LogP contribution in [0.25, 0.3) is 12.2 Å². The van der Waals surface area contributed by atoms with Crippen molar-refractivity contribution in [2.45, 2.75) is 12.8 Å². The lowest BCUT2D eigenvalue weighted by Gasteiger charge is -2.03. The Hall–Kier alpha value is -2.11. The van der Waals surface area contributed by atoms with E-state index in [1.165, 1.54) is 12.2 Å². The average molecular weight is 223 g/mol. The predicted molar refractivity (Wildman–Crippen MR) is 54.1 cm³/mol. The topological polar surface area (TPSA) is 100 Å². The maximum atomic E-state index is 11.3. The fourth-order valence-corrected chi connectivity index (χ4v) is 1.62. The van der Waals surface area contributed by atoms with Crippen molar-refractivity contribution in [2.24, 2.45) is 5.92 Å². The van der Waals surface area contributed by atoms with Crippen molar-refractivity contribution in [1.82, 2.24) is 4.98 Å². The Morgan fingerprint density at radius 1 is 1.38 bits per heavy atom. The molecule has 2 N–H and O–H groups in total. The summed E-state index contributed by atoms with van der Waals surface area (Å²) in [6.45, 7) is 0. The van der Waals surface area contributed by atoms with Gasteiger partial charge in [0.1, 0.15) is 0 Å². The third-order valence-electron chi connectivity index (χ3n) is 2.49. The van der Waals surface area contributed by atoms with Crippen LogP contribution >= 0.6 is 0 Å². The number of H-pyrrole nitrogens is 1. The lowest BCUT2D eigenvalue weighted by molar-refractivity contribution is -0.141. The maximum Gasteiger partial charge on any atom is 0.419 e. The summed E-state index contributed by atoms with van der Waals surface area (Å²) in [4.78, 5) is 35.4. The Balaban J connectivity index is 2.66. The summed E-state index contributed by atoms with van der Waals surface area (Å²) in [5.41, 5.74) is -0.735. The summed E-state index contributed by atoms with van der Waals surface area (Å²) in [6, 6.07) is 0. The molecule has 2 rings (SSSR count). The van der Waals surface area contributed by atoms with Crippen LogP contribution in [-0.2, 0) is 4.79 Å². The Kier molecular flexibility index (Phi) is 2.47. The van der Waals surface area contributed by atoms with E-state index in [1.54, 1.807) is 0 Å². The van der Waals surface area contributed by atoms with Gasteiger partial charge in [-0.1, -0.05) is 12.2 Å². The van der Waals surface area contributed by atoms with Crippen LogP contribution in [0.15, 0.2) is 14.0 Å². The second kappa shape index (κ2) is 3.80. The molecule has 0 fully saturated rings. The Morgan fingerprint density at radius 2 is 2.06 bits per heavy atom. The molecule has 16 heavy (non-hydrogen) atoms. The number of rotatable bonds is 1. The summed E-state index contributed by atoms with van der Waals surface area (Å²) < 4.78 is 4.36. The third kappa shape index (κ3) is 1.81. The number of aromatic nitrogens is 1. The van der Waals surface area contributed by atoms with Crippen molar-refractivity contribution in [3.8, 4) is 0 Å². The smallest absolute Gasteiger partial charge is 0.419 e. The normalized spacial score (nSPS) is 18.9. The van der Waals surface area contributed by atoms with Gasteiger partial charge in [0.2, 0.25) is 0 Å². The number of carbonyl (C=O) groups is 1. The van der Waals surface area contributed by atoms with Gasteiger partial charge in [0.25, 0.3) is 0 Å². The number of aromatic amines is 1. The van der Waals surface area contributed by atoms with Gasteiger partial charge >= 0.3 is 17.4 Å². The highest BCUT2D eigenvalue weighted by atomic mass is 16.4. The predicted octanol–water partition coefficient (Wildman–Crippen LogP) is -1.62. The largest absolute Gasteiger partial charge is 0.481 e. The Bertz CT molecular complexity index is 651. The third-order valence-corrected chi connectivity index (χ3v) is 2.49. The second-order valence-corrected chi connectivity index (χ2v) is 3.54. The SMILES string of the molecule is O=C(O)[C@@H]1CC=c2[nH]c(=O)oc(=O)c2=CC1. The van der Waals surface area contributed by atoms with E-state index < -0.39 is 23.3 Å². The maximum absolute atomic E-state index is 11.3. The first kappa shape index (κ1) is 10.4. The van der Waals surface area contributed by atoms with E-state index in [-0.39, 0.29) is 18.1 Å². The van der Waals surface area contributed by atoms with Crippen molar-refractivity contribution in [3.05, 3.63) is 31.5 Å². The second-order valence-electron chi connectivity index (χ2n) is 3.54. The van der Waals surface area contributed by atoms with Crippen LogP contribution in [0.1, 0.15) is 12.8 Å². The van der Waals surface area contributed by atoms with E-state index in [0.717, 1.165) is 0 Å². The zero-order chi connectivity index (χ0) is 11.7. The van der Waals surface area contributed by atoms with Gasteiger partial charge < -0.3 is 9.52 Å². The summed E-state index contributed by atoms with van der Waals surface area (Å²) >= 11 is 0. The van der Waals surface area contributed by atoms with E-state index in [4.69, 9.17) is 5.11 Å². The standard InChI is InChI=1S/C10H9NO5/c12-8(13)5-1-3-6-7(4-2-5)11-10(15)16-9(6)14/h3-5H,1-2H2,(H,11,15)(H,12,13)/t5-/m0/s1. The van der Waals surface area contributed by atoms with E-state index in [9.17, 15) is 14.4 Å². The molecule has 1 heterocycles. The Morgan fingerprint density at radius 3 is 2.75 bits per heavy atom. The molecule has 0 aliphatic heterocycles. The summed E-state index contributed by atoms with van der Waals surface area (Å²) in [5, 5.41) is 9.42. The van der Waals surface area contributed by atoms with Crippen molar-refractivity contribution >= 4 is 18.1 Å². The molecule has 0 bridgehead atoms. The van der Waals surface area contributed by atoms with Gasteiger partial charge in [-0.25, -0.2) is 9.59 Å². The average Bonchev–Trinajstić information content (AvgIpc) is 2.39. The van der Waals surface area contributed by atoms with Crippen LogP contribution in [0, 0.1) is 5.92 Å². The van der Waals surface area contributed by atoms with E-state index in [2.05, 4.69) is 9.40 Å². The zero-order valence-electron chi connectivity index (χ0n) is 8.23. The van der Waals surface area contributed by atoms with Crippen LogP contribution in [0.3, 0.4) is 0 Å². The van der Waals surface area contributed by atoms with Crippen LogP contribution in [0.2, 0.25) is 0 Å². The minimum Gasteiger partial charge on any atom is -0.481 e. The number of fused-ring (bicyclic) bond motifs is 1. The molecular weight excluding hydrogens is 214 g/mol. The van der Waals surface area contributed by atoms with Crippen molar-refractivity contribution < 1.29 is 14.3 Å². The molecule has 1 aliphatic carbocycles. The molecule has 1 aromatic heterocycles. The highest BCUT2D eigenvalue weighted by Gasteiger charge is 2.16. The molecule has 1 aromatic rings. The van der Waals surface area contributed by atoms with E-state index in [1.807, 2.05) is 0 Å². The highest BCUT2D eigenvalue weighted by molar-refractivity contribution is 5.72. The van der Waals surface area contributed by atoms with Gasteiger partial charge in [0.15, 0.2) is 0 Å². The number of hydrogen-bond acceptors (Lipinski definition) is 4. The monoisotopic (exact) mass is 223 g/mol. The summed E-state index contributed by atoms with van der Waals surface area (Å²) in [5.74, 6) is -2.33. The van der Waals surface area contributed by atoms with Crippen LogP contribution < -0.4 is 21.9 Å². The van der Waals surface area contributed by atoms with Gasteiger partial charge in [-0.2, -0.15) is 0 Å². The van der Waals surface area contributed by atoms with Crippen molar-refractivity contribution in [3.63, 3.8) is 0 Å². The fraction of sp³-hybridized carbons (Fsp3) is 0.300. The lowest BCUT2D eigenvalue weighted by Crippen LogP contribution is -2.44. The van der Waals surface area contributed by atoms with Crippen molar-refractivity contribution in [2.75, 3.05) is 0 Å². The zero-order valence-corrected chi connectivity index (χ0v) is 8.23. The highest BCUT2D eigenvalue weighted by Crippen LogP contribution is 2.11. The molecule has 0 saturated carbocycles. The quantitative estimate of drug-likeness (QED) is 0.596. The first-order valence-electron chi connectivity index (χ1n) is 4.74. The minimum atomic E-state index is -0.924. The molecular formula is C10H9NO5. The molecule has 0 saturated heterocycles. The van der Waals surface area contributed by atoms with E-state index >= 15 is 0 Å². The molecule has 0 radical (unpaired) electrons. The summed E-state index contributed by atoms with van der Waals surface area (Å²) in [7, 11) is 0. The number of carboxylic acid groups (broad SMARTS) is 1. The van der Waals surface area contributed by atoms with Gasteiger partial charge in [0.05, 0.1) is 16.5 Å². The van der Waals surface area contributed by atoms with Gasteiger partial charge in [-0.05, 0) is 12.8 Å². The molecule has 84 valence electrons. The first-order valence-corrected chi connectivity index (χ1v) is 4.74. The molecule has 0 aromatic carbocycles. The van der Waals surface area contributed by atoms with Gasteiger partial charge in [0, 0.05) is 0 Å². The van der Waals surface area contributed by atoms with Gasteiger partial charge in [-0.3, -0.25) is 9.78 Å². The number of nitrogens with one attached hydrogen (secondary N) is 1. The number of aliphatic carboxylic acids is 1. The number of carboxylic acids is 1.